The number of aryl methyl sites for hydroxylation is 2. The second-order valence-electron chi connectivity index (χ2n) is 7.18. The van der Waals surface area contributed by atoms with Gasteiger partial charge in [-0.05, 0) is 36.6 Å². The second kappa shape index (κ2) is 8.21. The molecule has 0 bridgehead atoms. The van der Waals surface area contributed by atoms with Gasteiger partial charge in [0, 0.05) is 24.7 Å². The lowest BCUT2D eigenvalue weighted by Crippen LogP contribution is -2.31. The first-order chi connectivity index (χ1) is 13.3. The number of nitrogens with zero attached hydrogens (tertiary/aromatic N) is 3. The van der Waals surface area contributed by atoms with Crippen LogP contribution in [0.2, 0.25) is 0 Å². The fourth-order valence-electron chi connectivity index (χ4n) is 2.69. The molecule has 0 saturated heterocycles. The first-order valence-corrected chi connectivity index (χ1v) is 9.20. The number of hydrogen-bond acceptors (Lipinski definition) is 5. The summed E-state index contributed by atoms with van der Waals surface area (Å²) in [7, 11) is 0. The summed E-state index contributed by atoms with van der Waals surface area (Å²) >= 11 is 0. The molecule has 7 nitrogen and oxygen atoms in total. The monoisotopic (exact) mass is 380 g/mol. The Morgan fingerprint density at radius 3 is 2.61 bits per heavy atom. The quantitative estimate of drug-likeness (QED) is 0.710. The summed E-state index contributed by atoms with van der Waals surface area (Å²) in [5.74, 6) is 0.723. The summed E-state index contributed by atoms with van der Waals surface area (Å²) in [6.07, 6.45) is 1.57. The van der Waals surface area contributed by atoms with Gasteiger partial charge in [0.25, 0.3) is 5.56 Å². The molecule has 7 heteroatoms. The van der Waals surface area contributed by atoms with E-state index in [9.17, 15) is 9.59 Å². The largest absolute Gasteiger partial charge is 0.420 e. The zero-order valence-corrected chi connectivity index (χ0v) is 16.5. The maximum absolute atomic E-state index is 12.3. The number of rotatable bonds is 6. The van der Waals surface area contributed by atoms with E-state index in [0.29, 0.717) is 23.9 Å². The lowest BCUT2D eigenvalue weighted by atomic mass is 10.1. The second-order valence-corrected chi connectivity index (χ2v) is 7.18. The van der Waals surface area contributed by atoms with Gasteiger partial charge in [-0.1, -0.05) is 32.0 Å². The van der Waals surface area contributed by atoms with Gasteiger partial charge in [0.15, 0.2) is 0 Å². The van der Waals surface area contributed by atoms with Crippen molar-refractivity contribution in [2.75, 3.05) is 0 Å². The van der Waals surface area contributed by atoms with E-state index in [2.05, 4.69) is 15.5 Å². The van der Waals surface area contributed by atoms with Crippen LogP contribution in [0.25, 0.3) is 11.5 Å². The van der Waals surface area contributed by atoms with Gasteiger partial charge in [0.05, 0.1) is 5.56 Å². The normalized spacial score (nSPS) is 11.0. The number of pyridine rings is 1. The highest BCUT2D eigenvalue weighted by atomic mass is 16.4. The molecule has 0 radical (unpaired) electrons. The number of amides is 1. The summed E-state index contributed by atoms with van der Waals surface area (Å²) in [6.45, 7) is 8.33. The molecule has 0 aliphatic carbocycles. The first-order valence-electron chi connectivity index (χ1n) is 9.20. The van der Waals surface area contributed by atoms with Crippen LogP contribution in [0.3, 0.4) is 0 Å². The van der Waals surface area contributed by atoms with Gasteiger partial charge in [-0.25, -0.2) is 0 Å². The van der Waals surface area contributed by atoms with Crippen LogP contribution in [-0.2, 0) is 17.9 Å². The number of nitrogens with one attached hydrogen (secondary N) is 1. The topological polar surface area (TPSA) is 90.0 Å². The molecule has 2 heterocycles. The lowest BCUT2D eigenvalue weighted by Gasteiger charge is -2.09. The smallest absolute Gasteiger partial charge is 0.251 e. The number of hydrogen-bond donors (Lipinski definition) is 1. The minimum Gasteiger partial charge on any atom is -0.420 e. The molecule has 28 heavy (non-hydrogen) atoms. The van der Waals surface area contributed by atoms with Gasteiger partial charge in [-0.15, -0.1) is 10.2 Å². The van der Waals surface area contributed by atoms with E-state index in [4.69, 9.17) is 4.42 Å². The molecule has 0 fully saturated rings. The zero-order chi connectivity index (χ0) is 20.3. The molecule has 0 aliphatic rings. The van der Waals surface area contributed by atoms with Crippen LogP contribution in [0.5, 0.6) is 0 Å². The summed E-state index contributed by atoms with van der Waals surface area (Å²) < 4.78 is 6.96. The third kappa shape index (κ3) is 4.54. The minimum absolute atomic E-state index is 0.0807. The van der Waals surface area contributed by atoms with Crippen LogP contribution >= 0.6 is 0 Å². The van der Waals surface area contributed by atoms with Crippen molar-refractivity contribution in [3.63, 3.8) is 0 Å². The highest BCUT2D eigenvalue weighted by molar-refractivity contribution is 5.75. The number of carbonyl (C=O) groups excluding carboxylic acids is 1. The van der Waals surface area contributed by atoms with Crippen LogP contribution in [0, 0.1) is 13.8 Å². The van der Waals surface area contributed by atoms with Crippen LogP contribution < -0.4 is 10.9 Å². The maximum atomic E-state index is 12.3. The van der Waals surface area contributed by atoms with E-state index in [0.717, 1.165) is 5.56 Å². The molecule has 146 valence electrons. The van der Waals surface area contributed by atoms with Crippen LogP contribution in [0.4, 0.5) is 0 Å². The van der Waals surface area contributed by atoms with Crippen molar-refractivity contribution in [1.82, 2.24) is 20.1 Å². The SMILES string of the molecule is Cc1ccc(CNC(=O)Cn2cc(-c3nnc(C(C)C)o3)ccc2=O)cc1C. The number of benzene rings is 1. The van der Waals surface area contributed by atoms with Gasteiger partial charge in [0.1, 0.15) is 6.54 Å². The summed E-state index contributed by atoms with van der Waals surface area (Å²) in [6, 6.07) is 9.07. The fourth-order valence-corrected chi connectivity index (χ4v) is 2.69. The summed E-state index contributed by atoms with van der Waals surface area (Å²) in [5, 5.41) is 10.9. The van der Waals surface area contributed by atoms with Crippen molar-refractivity contribution in [3.05, 3.63) is 69.5 Å². The average molecular weight is 380 g/mol. The van der Waals surface area contributed by atoms with E-state index in [1.54, 1.807) is 12.3 Å². The molecule has 0 atom stereocenters. The van der Waals surface area contributed by atoms with Crippen molar-refractivity contribution < 1.29 is 9.21 Å². The van der Waals surface area contributed by atoms with E-state index >= 15 is 0 Å². The Hall–Kier alpha value is -3.22. The molecular formula is C21H24N4O3. The van der Waals surface area contributed by atoms with Crippen LogP contribution in [-0.4, -0.2) is 20.7 Å². The Morgan fingerprint density at radius 2 is 1.93 bits per heavy atom. The molecule has 3 rings (SSSR count). The van der Waals surface area contributed by atoms with Crippen LogP contribution in [0.15, 0.2) is 45.7 Å². The predicted octanol–water partition coefficient (Wildman–Crippen LogP) is 2.95. The van der Waals surface area contributed by atoms with Crippen molar-refractivity contribution >= 4 is 5.91 Å². The summed E-state index contributed by atoms with van der Waals surface area (Å²) in [5.41, 5.74) is 3.73. The molecule has 0 saturated carbocycles. The lowest BCUT2D eigenvalue weighted by molar-refractivity contribution is -0.121. The Labute approximate surface area is 163 Å². The highest BCUT2D eigenvalue weighted by Gasteiger charge is 2.13. The third-order valence-electron chi connectivity index (χ3n) is 4.54. The third-order valence-corrected chi connectivity index (χ3v) is 4.54. The number of carbonyl (C=O) groups is 1. The molecule has 0 aliphatic heterocycles. The Balaban J connectivity index is 1.69. The van der Waals surface area contributed by atoms with E-state index < -0.39 is 0 Å². The predicted molar refractivity (Wildman–Crippen MR) is 106 cm³/mol. The molecule has 0 unspecified atom stereocenters. The molecule has 1 N–H and O–H groups in total. The van der Waals surface area contributed by atoms with Gasteiger partial charge < -0.3 is 14.3 Å². The van der Waals surface area contributed by atoms with Crippen molar-refractivity contribution in [2.45, 2.75) is 46.7 Å². The zero-order valence-electron chi connectivity index (χ0n) is 16.5. The van der Waals surface area contributed by atoms with Gasteiger partial charge in [-0.3, -0.25) is 9.59 Å². The fraction of sp³-hybridized carbons (Fsp3) is 0.333. The van der Waals surface area contributed by atoms with E-state index in [1.807, 2.05) is 45.9 Å². The first kappa shape index (κ1) is 19.5. The van der Waals surface area contributed by atoms with E-state index in [1.165, 1.54) is 21.8 Å². The van der Waals surface area contributed by atoms with Crippen molar-refractivity contribution in [3.8, 4) is 11.5 Å². The highest BCUT2D eigenvalue weighted by Crippen LogP contribution is 2.20. The van der Waals surface area contributed by atoms with Gasteiger partial charge in [0.2, 0.25) is 17.7 Å². The van der Waals surface area contributed by atoms with Crippen LogP contribution in [0.1, 0.15) is 42.3 Å². The van der Waals surface area contributed by atoms with Gasteiger partial charge >= 0.3 is 0 Å². The van der Waals surface area contributed by atoms with Crippen molar-refractivity contribution in [2.24, 2.45) is 0 Å². The average Bonchev–Trinajstić information content (AvgIpc) is 3.15. The minimum atomic E-state index is -0.270. The Kier molecular flexibility index (Phi) is 5.73. The molecule has 0 spiro atoms. The summed E-state index contributed by atoms with van der Waals surface area (Å²) in [4.78, 5) is 24.4. The molecule has 1 aromatic carbocycles. The Morgan fingerprint density at radius 1 is 1.14 bits per heavy atom. The molecule has 1 amide bonds. The Bertz CT molecular complexity index is 1050. The standard InChI is InChI=1S/C21H24N4O3/c1-13(2)20-23-24-21(28-20)17-7-8-19(27)25(11-17)12-18(26)22-10-16-6-5-14(3)15(4)9-16/h5-9,11,13H,10,12H2,1-4H3,(H,22,26). The molecular weight excluding hydrogens is 356 g/mol. The van der Waals surface area contributed by atoms with Crippen molar-refractivity contribution in [1.29, 1.82) is 0 Å². The molecule has 3 aromatic rings. The number of aromatic nitrogens is 3. The van der Waals surface area contributed by atoms with E-state index in [-0.39, 0.29) is 23.9 Å². The maximum Gasteiger partial charge on any atom is 0.251 e. The molecule has 2 aromatic heterocycles. The van der Waals surface area contributed by atoms with Gasteiger partial charge in [-0.2, -0.15) is 0 Å².